The van der Waals surface area contributed by atoms with E-state index in [0.717, 1.165) is 29.0 Å². The molecule has 0 aliphatic carbocycles. The average Bonchev–Trinajstić information content (AvgIpc) is 2.77. The van der Waals surface area contributed by atoms with E-state index in [2.05, 4.69) is 5.32 Å². The van der Waals surface area contributed by atoms with Gasteiger partial charge in [-0.3, -0.25) is 9.59 Å². The van der Waals surface area contributed by atoms with Crippen molar-refractivity contribution in [2.75, 3.05) is 14.2 Å². The predicted molar refractivity (Wildman–Crippen MR) is 118 cm³/mol. The van der Waals surface area contributed by atoms with Crippen molar-refractivity contribution in [2.45, 2.75) is 52.2 Å². The molecule has 162 valence electrons. The lowest BCUT2D eigenvalue weighted by atomic mass is 10.1. The Morgan fingerprint density at radius 1 is 0.900 bits per heavy atom. The van der Waals surface area contributed by atoms with Crippen LogP contribution in [-0.2, 0) is 22.6 Å². The summed E-state index contributed by atoms with van der Waals surface area (Å²) in [4.78, 5) is 27.6. The van der Waals surface area contributed by atoms with Gasteiger partial charge in [0, 0.05) is 12.6 Å². The molecule has 0 unspecified atom stereocenters. The van der Waals surface area contributed by atoms with Gasteiger partial charge in [-0.05, 0) is 55.7 Å². The third-order valence-corrected chi connectivity index (χ3v) is 5.19. The molecule has 0 heterocycles. The quantitative estimate of drug-likeness (QED) is 0.648. The van der Waals surface area contributed by atoms with Crippen molar-refractivity contribution in [3.8, 4) is 11.5 Å². The topological polar surface area (TPSA) is 67.9 Å². The molecule has 2 rings (SSSR count). The summed E-state index contributed by atoms with van der Waals surface area (Å²) in [7, 11) is 3.22. The number of carbonyl (C=O) groups excluding carboxylic acids is 2. The van der Waals surface area contributed by atoms with Gasteiger partial charge in [0.05, 0.1) is 20.6 Å². The Hall–Kier alpha value is -3.02. The molecular formula is C24H32N2O4. The highest BCUT2D eigenvalue weighted by Gasteiger charge is 2.26. The first-order valence-electron chi connectivity index (χ1n) is 10.2. The first kappa shape index (κ1) is 23.3. The number of rotatable bonds is 10. The SMILES string of the molecule is CC[C@H](C)NC(=O)[C@@H](C)N(Cc1ccc(OC)cc1)C(=O)Cc1ccc(OC)cc1. The van der Waals surface area contributed by atoms with Gasteiger partial charge in [-0.15, -0.1) is 0 Å². The van der Waals surface area contributed by atoms with E-state index < -0.39 is 6.04 Å². The number of hydrogen-bond donors (Lipinski definition) is 1. The van der Waals surface area contributed by atoms with Crippen molar-refractivity contribution in [1.29, 1.82) is 0 Å². The summed E-state index contributed by atoms with van der Waals surface area (Å²) >= 11 is 0. The second-order valence-corrected chi connectivity index (χ2v) is 7.39. The highest BCUT2D eigenvalue weighted by molar-refractivity contribution is 5.88. The maximum atomic E-state index is 13.2. The van der Waals surface area contributed by atoms with E-state index in [1.54, 1.807) is 26.0 Å². The number of nitrogens with zero attached hydrogens (tertiary/aromatic N) is 1. The molecule has 6 nitrogen and oxygen atoms in total. The fourth-order valence-corrected chi connectivity index (χ4v) is 3.00. The molecule has 2 aromatic rings. The smallest absolute Gasteiger partial charge is 0.242 e. The van der Waals surface area contributed by atoms with Gasteiger partial charge in [-0.1, -0.05) is 31.2 Å². The Morgan fingerprint density at radius 2 is 1.40 bits per heavy atom. The van der Waals surface area contributed by atoms with E-state index >= 15 is 0 Å². The van der Waals surface area contributed by atoms with Gasteiger partial charge in [-0.2, -0.15) is 0 Å². The van der Waals surface area contributed by atoms with Crippen molar-refractivity contribution in [2.24, 2.45) is 0 Å². The standard InChI is InChI=1S/C24H32N2O4/c1-6-17(2)25-24(28)18(3)26(16-20-9-13-22(30-5)14-10-20)23(27)15-19-7-11-21(29-4)12-8-19/h7-14,17-18H,6,15-16H2,1-5H3,(H,25,28)/t17-,18+/m0/s1. The zero-order valence-corrected chi connectivity index (χ0v) is 18.5. The number of ether oxygens (including phenoxy) is 2. The predicted octanol–water partition coefficient (Wildman–Crippen LogP) is 3.58. The first-order valence-corrected chi connectivity index (χ1v) is 10.2. The summed E-state index contributed by atoms with van der Waals surface area (Å²) in [5.41, 5.74) is 1.80. The van der Waals surface area contributed by atoms with Gasteiger partial charge in [0.1, 0.15) is 17.5 Å². The molecular weight excluding hydrogens is 380 g/mol. The second kappa shape index (κ2) is 11.2. The average molecular weight is 413 g/mol. The van der Waals surface area contributed by atoms with Crippen LogP contribution in [0.4, 0.5) is 0 Å². The third kappa shape index (κ3) is 6.51. The summed E-state index contributed by atoms with van der Waals surface area (Å²) in [6, 6.07) is 14.4. The van der Waals surface area contributed by atoms with E-state index in [-0.39, 0.29) is 24.3 Å². The van der Waals surface area contributed by atoms with Crippen LogP contribution in [0.3, 0.4) is 0 Å². The number of methoxy groups -OCH3 is 2. The van der Waals surface area contributed by atoms with Crippen LogP contribution in [0.15, 0.2) is 48.5 Å². The van der Waals surface area contributed by atoms with Crippen molar-refractivity contribution in [3.05, 3.63) is 59.7 Å². The molecule has 0 saturated heterocycles. The lowest BCUT2D eigenvalue weighted by Crippen LogP contribution is -2.49. The van der Waals surface area contributed by atoms with Gasteiger partial charge in [0.2, 0.25) is 11.8 Å². The molecule has 0 radical (unpaired) electrons. The molecule has 2 amide bonds. The number of carbonyl (C=O) groups is 2. The minimum absolute atomic E-state index is 0.0551. The monoisotopic (exact) mass is 412 g/mol. The fourth-order valence-electron chi connectivity index (χ4n) is 3.00. The number of amides is 2. The van der Waals surface area contributed by atoms with E-state index in [1.807, 2.05) is 62.4 Å². The van der Waals surface area contributed by atoms with Crippen LogP contribution in [0.5, 0.6) is 11.5 Å². The number of nitrogens with one attached hydrogen (secondary N) is 1. The number of hydrogen-bond acceptors (Lipinski definition) is 4. The molecule has 30 heavy (non-hydrogen) atoms. The molecule has 0 fully saturated rings. The van der Waals surface area contributed by atoms with Crippen molar-refractivity contribution < 1.29 is 19.1 Å². The maximum absolute atomic E-state index is 13.2. The summed E-state index contributed by atoms with van der Waals surface area (Å²) in [6.07, 6.45) is 1.04. The lowest BCUT2D eigenvalue weighted by Gasteiger charge is -2.30. The second-order valence-electron chi connectivity index (χ2n) is 7.39. The van der Waals surface area contributed by atoms with E-state index in [4.69, 9.17) is 9.47 Å². The van der Waals surface area contributed by atoms with E-state index in [9.17, 15) is 9.59 Å². The van der Waals surface area contributed by atoms with Gasteiger partial charge >= 0.3 is 0 Å². The van der Waals surface area contributed by atoms with Crippen LogP contribution in [0, 0.1) is 0 Å². The molecule has 2 atom stereocenters. The van der Waals surface area contributed by atoms with Crippen molar-refractivity contribution in [1.82, 2.24) is 10.2 Å². The minimum Gasteiger partial charge on any atom is -0.497 e. The lowest BCUT2D eigenvalue weighted by molar-refractivity contribution is -0.140. The molecule has 0 aliphatic rings. The van der Waals surface area contributed by atoms with Crippen LogP contribution >= 0.6 is 0 Å². The van der Waals surface area contributed by atoms with Gasteiger partial charge in [0.25, 0.3) is 0 Å². The van der Waals surface area contributed by atoms with Crippen LogP contribution in [0.1, 0.15) is 38.3 Å². The largest absolute Gasteiger partial charge is 0.497 e. The zero-order chi connectivity index (χ0) is 22.1. The molecule has 0 spiro atoms. The minimum atomic E-state index is -0.591. The summed E-state index contributed by atoms with van der Waals surface area (Å²) < 4.78 is 10.4. The van der Waals surface area contributed by atoms with Crippen molar-refractivity contribution in [3.63, 3.8) is 0 Å². The fraction of sp³-hybridized carbons (Fsp3) is 0.417. The Balaban J connectivity index is 2.20. The number of benzene rings is 2. The van der Waals surface area contributed by atoms with Gasteiger partial charge < -0.3 is 19.7 Å². The van der Waals surface area contributed by atoms with Gasteiger partial charge in [-0.25, -0.2) is 0 Å². The van der Waals surface area contributed by atoms with Crippen LogP contribution in [0.2, 0.25) is 0 Å². The molecule has 2 aromatic carbocycles. The highest BCUT2D eigenvalue weighted by atomic mass is 16.5. The van der Waals surface area contributed by atoms with Crippen LogP contribution in [-0.4, -0.2) is 43.0 Å². The molecule has 0 aromatic heterocycles. The van der Waals surface area contributed by atoms with E-state index in [1.165, 1.54) is 0 Å². The molecule has 0 saturated carbocycles. The molecule has 0 bridgehead atoms. The Labute approximate surface area is 179 Å². The third-order valence-electron chi connectivity index (χ3n) is 5.19. The molecule has 1 N–H and O–H groups in total. The Bertz CT molecular complexity index is 818. The normalized spacial score (nSPS) is 12.6. The van der Waals surface area contributed by atoms with Crippen LogP contribution < -0.4 is 14.8 Å². The van der Waals surface area contributed by atoms with Crippen LogP contribution in [0.25, 0.3) is 0 Å². The van der Waals surface area contributed by atoms with E-state index in [0.29, 0.717) is 6.54 Å². The highest BCUT2D eigenvalue weighted by Crippen LogP contribution is 2.17. The Morgan fingerprint density at radius 3 is 1.87 bits per heavy atom. The summed E-state index contributed by atoms with van der Waals surface area (Å²) in [5, 5.41) is 2.98. The molecule has 0 aliphatic heterocycles. The van der Waals surface area contributed by atoms with Crippen molar-refractivity contribution >= 4 is 11.8 Å². The summed E-state index contributed by atoms with van der Waals surface area (Å²) in [6.45, 7) is 6.08. The maximum Gasteiger partial charge on any atom is 0.242 e. The zero-order valence-electron chi connectivity index (χ0n) is 18.5. The molecule has 6 heteroatoms. The first-order chi connectivity index (χ1) is 14.4. The Kier molecular flexibility index (Phi) is 8.71. The summed E-state index contributed by atoms with van der Waals surface area (Å²) in [5.74, 6) is 1.23. The van der Waals surface area contributed by atoms with Gasteiger partial charge in [0.15, 0.2) is 0 Å².